The molecule has 0 unspecified atom stereocenters. The zero-order valence-electron chi connectivity index (χ0n) is 9.50. The summed E-state index contributed by atoms with van der Waals surface area (Å²) >= 11 is 0. The number of ether oxygens (including phenoxy) is 1. The van der Waals surface area contributed by atoms with E-state index < -0.39 is 4.92 Å². The van der Waals surface area contributed by atoms with Crippen LogP contribution in [0.15, 0.2) is 30.5 Å². The van der Waals surface area contributed by atoms with E-state index in [1.54, 1.807) is 30.5 Å². The fourth-order valence-corrected chi connectivity index (χ4v) is 1.93. The number of nitro groups is 1. The van der Waals surface area contributed by atoms with Gasteiger partial charge in [-0.3, -0.25) is 15.1 Å². The van der Waals surface area contributed by atoms with Gasteiger partial charge < -0.3 is 10.1 Å². The number of hydrogen-bond donors (Lipinski definition) is 1. The lowest BCUT2D eigenvalue weighted by molar-refractivity contribution is -0.384. The number of aromatic nitrogens is 1. The summed E-state index contributed by atoms with van der Waals surface area (Å²) in [6, 6.07) is 6.73. The molecule has 6 nitrogen and oxygen atoms in total. The molecular formula is C12H11N3O3. The van der Waals surface area contributed by atoms with Crippen molar-refractivity contribution in [2.24, 2.45) is 0 Å². The van der Waals surface area contributed by atoms with Gasteiger partial charge in [-0.05, 0) is 24.3 Å². The third-order valence-electron chi connectivity index (χ3n) is 2.94. The molecule has 1 saturated heterocycles. The minimum absolute atomic E-state index is 0.00694. The maximum atomic E-state index is 11.2. The van der Waals surface area contributed by atoms with Crippen LogP contribution >= 0.6 is 0 Å². The van der Waals surface area contributed by atoms with Crippen molar-refractivity contribution in [3.05, 3.63) is 40.6 Å². The molecule has 2 aromatic rings. The summed E-state index contributed by atoms with van der Waals surface area (Å²) in [4.78, 5) is 14.9. The van der Waals surface area contributed by atoms with Crippen molar-refractivity contribution in [2.75, 3.05) is 13.1 Å². The second kappa shape index (κ2) is 4.23. The lowest BCUT2D eigenvalue weighted by Gasteiger charge is -2.27. The van der Waals surface area contributed by atoms with E-state index >= 15 is 0 Å². The standard InChI is InChI=1S/C12H11N3O3/c16-15(17)12-9-2-1-5-14-10(9)3-4-11(12)18-8-6-13-7-8/h1-5,8,13H,6-7H2. The molecule has 1 fully saturated rings. The van der Waals surface area contributed by atoms with Gasteiger partial charge >= 0.3 is 5.69 Å². The molecule has 0 radical (unpaired) electrons. The smallest absolute Gasteiger partial charge is 0.320 e. The van der Waals surface area contributed by atoms with E-state index in [-0.39, 0.29) is 11.8 Å². The lowest BCUT2D eigenvalue weighted by atomic mass is 10.1. The van der Waals surface area contributed by atoms with Crippen LogP contribution in [0.5, 0.6) is 5.75 Å². The first-order valence-electron chi connectivity index (χ1n) is 5.65. The molecule has 0 atom stereocenters. The molecule has 0 amide bonds. The highest BCUT2D eigenvalue weighted by atomic mass is 16.6. The van der Waals surface area contributed by atoms with Crippen LogP contribution in [0.1, 0.15) is 0 Å². The van der Waals surface area contributed by atoms with Gasteiger partial charge in [0.1, 0.15) is 6.10 Å². The van der Waals surface area contributed by atoms with Crippen molar-refractivity contribution in [1.29, 1.82) is 0 Å². The molecule has 3 rings (SSSR count). The van der Waals surface area contributed by atoms with Crippen molar-refractivity contribution in [3.8, 4) is 5.75 Å². The molecule has 0 aliphatic carbocycles. The Hall–Kier alpha value is -2.21. The Morgan fingerprint density at radius 1 is 1.39 bits per heavy atom. The Balaban J connectivity index is 2.12. The number of nitrogens with one attached hydrogen (secondary N) is 1. The van der Waals surface area contributed by atoms with Crippen molar-refractivity contribution in [2.45, 2.75) is 6.10 Å². The Bertz CT molecular complexity index is 611. The average molecular weight is 245 g/mol. The summed E-state index contributed by atoms with van der Waals surface area (Å²) < 4.78 is 5.62. The SMILES string of the molecule is O=[N+]([O-])c1c(OC2CNC2)ccc2ncccc12. The topological polar surface area (TPSA) is 77.3 Å². The number of hydrogen-bond acceptors (Lipinski definition) is 5. The zero-order valence-corrected chi connectivity index (χ0v) is 9.50. The molecule has 1 aromatic carbocycles. The van der Waals surface area contributed by atoms with Crippen molar-refractivity contribution >= 4 is 16.6 Å². The Kier molecular flexibility index (Phi) is 2.56. The van der Waals surface area contributed by atoms with Crippen molar-refractivity contribution < 1.29 is 9.66 Å². The molecule has 0 saturated carbocycles. The quantitative estimate of drug-likeness (QED) is 0.654. The predicted molar refractivity (Wildman–Crippen MR) is 65.7 cm³/mol. The molecule has 1 aliphatic rings. The fourth-order valence-electron chi connectivity index (χ4n) is 1.93. The number of nitrogens with zero attached hydrogens (tertiary/aromatic N) is 2. The van der Waals surface area contributed by atoms with E-state index in [0.717, 1.165) is 13.1 Å². The van der Waals surface area contributed by atoms with Gasteiger partial charge in [-0.25, -0.2) is 0 Å². The van der Waals surface area contributed by atoms with Crippen molar-refractivity contribution in [3.63, 3.8) is 0 Å². The van der Waals surface area contributed by atoms with Gasteiger partial charge in [0, 0.05) is 19.3 Å². The monoisotopic (exact) mass is 245 g/mol. The molecule has 0 bridgehead atoms. The van der Waals surface area contributed by atoms with E-state index in [1.165, 1.54) is 0 Å². The van der Waals surface area contributed by atoms with E-state index in [4.69, 9.17) is 4.74 Å². The van der Waals surface area contributed by atoms with Crippen LogP contribution in [0, 0.1) is 10.1 Å². The number of pyridine rings is 1. The zero-order chi connectivity index (χ0) is 12.5. The van der Waals surface area contributed by atoms with Gasteiger partial charge in [-0.1, -0.05) is 0 Å². The number of fused-ring (bicyclic) bond motifs is 1. The van der Waals surface area contributed by atoms with Crippen LogP contribution in [-0.4, -0.2) is 29.1 Å². The fraction of sp³-hybridized carbons (Fsp3) is 0.250. The molecule has 18 heavy (non-hydrogen) atoms. The second-order valence-corrected chi connectivity index (χ2v) is 4.14. The van der Waals surface area contributed by atoms with Gasteiger partial charge in [-0.2, -0.15) is 0 Å². The maximum Gasteiger partial charge on any atom is 0.320 e. The predicted octanol–water partition coefficient (Wildman–Crippen LogP) is 1.49. The van der Waals surface area contributed by atoms with E-state index in [2.05, 4.69) is 10.3 Å². The third-order valence-corrected chi connectivity index (χ3v) is 2.94. The molecule has 6 heteroatoms. The van der Waals surface area contributed by atoms with E-state index in [0.29, 0.717) is 16.7 Å². The van der Waals surface area contributed by atoms with Gasteiger partial charge in [0.2, 0.25) is 0 Å². The molecule has 2 heterocycles. The average Bonchev–Trinajstić information content (AvgIpc) is 2.32. The van der Waals surface area contributed by atoms with Gasteiger partial charge in [0.25, 0.3) is 0 Å². The highest BCUT2D eigenvalue weighted by Crippen LogP contribution is 2.35. The first-order chi connectivity index (χ1) is 8.75. The van der Waals surface area contributed by atoms with E-state index in [1.807, 2.05) is 0 Å². The number of rotatable bonds is 3. The van der Waals surface area contributed by atoms with Gasteiger partial charge in [0.05, 0.1) is 15.8 Å². The molecule has 0 spiro atoms. The van der Waals surface area contributed by atoms with Crippen LogP contribution in [0.25, 0.3) is 10.9 Å². The summed E-state index contributed by atoms with van der Waals surface area (Å²) in [6.45, 7) is 1.45. The summed E-state index contributed by atoms with van der Waals surface area (Å²) in [7, 11) is 0. The largest absolute Gasteiger partial charge is 0.481 e. The molecule has 1 aliphatic heterocycles. The maximum absolute atomic E-state index is 11.2. The highest BCUT2D eigenvalue weighted by Gasteiger charge is 2.25. The Morgan fingerprint density at radius 2 is 2.22 bits per heavy atom. The lowest BCUT2D eigenvalue weighted by Crippen LogP contribution is -2.50. The number of nitro benzene ring substituents is 1. The molecule has 92 valence electrons. The second-order valence-electron chi connectivity index (χ2n) is 4.14. The van der Waals surface area contributed by atoms with E-state index in [9.17, 15) is 10.1 Å². The van der Waals surface area contributed by atoms with Gasteiger partial charge in [0.15, 0.2) is 5.75 Å². The molecular weight excluding hydrogens is 234 g/mol. The first kappa shape index (κ1) is 10.9. The van der Waals surface area contributed by atoms with Crippen LogP contribution < -0.4 is 10.1 Å². The third kappa shape index (κ3) is 1.76. The van der Waals surface area contributed by atoms with Crippen molar-refractivity contribution in [1.82, 2.24) is 10.3 Å². The Morgan fingerprint density at radius 3 is 2.89 bits per heavy atom. The molecule has 1 N–H and O–H groups in total. The minimum atomic E-state index is -0.411. The summed E-state index contributed by atoms with van der Waals surface area (Å²) in [5.41, 5.74) is 0.593. The number of benzene rings is 1. The summed E-state index contributed by atoms with van der Waals surface area (Å²) in [5.74, 6) is 0.312. The van der Waals surface area contributed by atoms with Gasteiger partial charge in [-0.15, -0.1) is 0 Å². The van der Waals surface area contributed by atoms with Crippen LogP contribution in [-0.2, 0) is 0 Å². The van der Waals surface area contributed by atoms with Crippen LogP contribution in [0.2, 0.25) is 0 Å². The summed E-state index contributed by atoms with van der Waals surface area (Å²) in [5, 5.41) is 14.8. The van der Waals surface area contributed by atoms with Crippen LogP contribution in [0.4, 0.5) is 5.69 Å². The highest BCUT2D eigenvalue weighted by molar-refractivity contribution is 5.90. The Labute approximate surface area is 103 Å². The first-order valence-corrected chi connectivity index (χ1v) is 5.65. The molecule has 1 aromatic heterocycles. The summed E-state index contributed by atoms with van der Waals surface area (Å²) in [6.07, 6.45) is 1.63. The minimum Gasteiger partial charge on any atom is -0.481 e. The normalized spacial score (nSPS) is 15.3. The van der Waals surface area contributed by atoms with Crippen LogP contribution in [0.3, 0.4) is 0 Å².